The molecule has 0 N–H and O–H groups in total. The van der Waals surface area contributed by atoms with Gasteiger partial charge in [-0.15, -0.1) is 11.8 Å². The number of rotatable bonds is 9. The first kappa shape index (κ1) is 21.8. The SMILES string of the molecule is CCOc1ccc(C2=C(SCc3ccco3)C(=O)N(c3ccccc3OCC)C2=O)cc1. The summed E-state index contributed by atoms with van der Waals surface area (Å²) < 4.78 is 16.6. The number of amides is 2. The summed E-state index contributed by atoms with van der Waals surface area (Å²) in [7, 11) is 0. The zero-order valence-electron chi connectivity index (χ0n) is 17.9. The van der Waals surface area contributed by atoms with Crippen molar-refractivity contribution in [1.29, 1.82) is 0 Å². The molecule has 4 rings (SSSR count). The molecule has 1 aromatic heterocycles. The van der Waals surface area contributed by atoms with E-state index in [0.717, 1.165) is 5.76 Å². The summed E-state index contributed by atoms with van der Waals surface area (Å²) in [5.74, 6) is 1.60. The van der Waals surface area contributed by atoms with Gasteiger partial charge in [0.1, 0.15) is 17.3 Å². The average molecular weight is 450 g/mol. The van der Waals surface area contributed by atoms with Crippen molar-refractivity contribution in [3.8, 4) is 11.5 Å². The number of nitrogens with zero attached hydrogens (tertiary/aromatic N) is 1. The van der Waals surface area contributed by atoms with Crippen LogP contribution in [0, 0.1) is 0 Å². The highest BCUT2D eigenvalue weighted by molar-refractivity contribution is 8.03. The minimum Gasteiger partial charge on any atom is -0.494 e. The van der Waals surface area contributed by atoms with Gasteiger partial charge in [0, 0.05) is 0 Å². The Hall–Kier alpha value is -3.45. The van der Waals surface area contributed by atoms with Crippen LogP contribution in [0.1, 0.15) is 25.2 Å². The number of hydrogen-bond donors (Lipinski definition) is 0. The van der Waals surface area contributed by atoms with Gasteiger partial charge in [0.05, 0.1) is 41.4 Å². The molecule has 6 nitrogen and oxygen atoms in total. The lowest BCUT2D eigenvalue weighted by Gasteiger charge is -2.18. The Balaban J connectivity index is 1.74. The van der Waals surface area contributed by atoms with Gasteiger partial charge < -0.3 is 13.9 Å². The fourth-order valence-electron chi connectivity index (χ4n) is 3.46. The molecule has 0 saturated heterocycles. The van der Waals surface area contributed by atoms with Crippen LogP contribution in [0.5, 0.6) is 11.5 Å². The second-order valence-corrected chi connectivity index (χ2v) is 7.86. The number of carbonyl (C=O) groups excluding carboxylic acids is 2. The van der Waals surface area contributed by atoms with E-state index < -0.39 is 0 Å². The molecule has 2 heterocycles. The molecule has 2 amide bonds. The maximum Gasteiger partial charge on any atom is 0.272 e. The highest BCUT2D eigenvalue weighted by atomic mass is 32.2. The first-order valence-electron chi connectivity index (χ1n) is 10.4. The van der Waals surface area contributed by atoms with Gasteiger partial charge >= 0.3 is 0 Å². The van der Waals surface area contributed by atoms with Crippen LogP contribution in [0.4, 0.5) is 5.69 Å². The second kappa shape index (κ2) is 9.78. The zero-order valence-corrected chi connectivity index (χ0v) is 18.7. The molecular formula is C25H23NO5S. The van der Waals surface area contributed by atoms with E-state index in [1.807, 2.05) is 26.0 Å². The second-order valence-electron chi connectivity index (χ2n) is 6.88. The third kappa shape index (κ3) is 4.29. The number of anilines is 1. The first-order valence-corrected chi connectivity index (χ1v) is 11.4. The molecule has 1 aliphatic heterocycles. The van der Waals surface area contributed by atoms with Crippen LogP contribution in [0.2, 0.25) is 0 Å². The summed E-state index contributed by atoms with van der Waals surface area (Å²) in [6.45, 7) is 4.74. The lowest BCUT2D eigenvalue weighted by Crippen LogP contribution is -2.31. The molecule has 32 heavy (non-hydrogen) atoms. The standard InChI is InChI=1S/C25H23NO5S/c1-3-29-18-13-11-17(12-14-18)22-23(32-16-19-8-7-15-31-19)25(28)26(24(22)27)20-9-5-6-10-21(20)30-4-2/h5-15H,3-4,16H2,1-2H3. The normalized spacial score (nSPS) is 13.8. The van der Waals surface area contributed by atoms with Crippen molar-refractivity contribution in [2.45, 2.75) is 19.6 Å². The van der Waals surface area contributed by atoms with Gasteiger partial charge in [0.15, 0.2) is 0 Å². The zero-order chi connectivity index (χ0) is 22.5. The van der Waals surface area contributed by atoms with Gasteiger partial charge in [0.2, 0.25) is 0 Å². The number of furan rings is 1. The summed E-state index contributed by atoms with van der Waals surface area (Å²) in [6, 6.07) is 17.9. The van der Waals surface area contributed by atoms with Crippen LogP contribution in [0.15, 0.2) is 76.2 Å². The van der Waals surface area contributed by atoms with Gasteiger partial charge in [-0.2, -0.15) is 0 Å². The predicted molar refractivity (Wildman–Crippen MR) is 125 cm³/mol. The van der Waals surface area contributed by atoms with E-state index in [4.69, 9.17) is 13.9 Å². The highest BCUT2D eigenvalue weighted by Crippen LogP contribution is 2.42. The maximum atomic E-state index is 13.6. The number of benzene rings is 2. The van der Waals surface area contributed by atoms with E-state index >= 15 is 0 Å². The van der Waals surface area contributed by atoms with Crippen LogP contribution < -0.4 is 14.4 Å². The summed E-state index contributed by atoms with van der Waals surface area (Å²) in [6.07, 6.45) is 1.59. The smallest absolute Gasteiger partial charge is 0.272 e. The fraction of sp³-hybridized carbons (Fsp3) is 0.200. The van der Waals surface area contributed by atoms with E-state index in [0.29, 0.717) is 52.2 Å². The quantitative estimate of drug-likeness (QED) is 0.413. The van der Waals surface area contributed by atoms with Crippen molar-refractivity contribution in [1.82, 2.24) is 0 Å². The van der Waals surface area contributed by atoms with Gasteiger partial charge in [0.25, 0.3) is 11.8 Å². The summed E-state index contributed by atoms with van der Waals surface area (Å²) in [5.41, 5.74) is 1.45. The minimum atomic E-state index is -0.381. The van der Waals surface area contributed by atoms with Gasteiger partial charge in [-0.3, -0.25) is 9.59 Å². The lowest BCUT2D eigenvalue weighted by molar-refractivity contribution is -0.119. The third-order valence-corrected chi connectivity index (χ3v) is 5.94. The molecule has 0 unspecified atom stereocenters. The van der Waals surface area contributed by atoms with Gasteiger partial charge in [-0.05, 0) is 55.8 Å². The third-order valence-electron chi connectivity index (χ3n) is 4.84. The first-order chi connectivity index (χ1) is 15.6. The van der Waals surface area contributed by atoms with E-state index in [2.05, 4.69) is 0 Å². The summed E-state index contributed by atoms with van der Waals surface area (Å²) >= 11 is 1.29. The molecule has 0 atom stereocenters. The summed E-state index contributed by atoms with van der Waals surface area (Å²) in [5, 5.41) is 0. The van der Waals surface area contributed by atoms with Crippen molar-refractivity contribution in [2.24, 2.45) is 0 Å². The maximum absolute atomic E-state index is 13.6. The molecular weight excluding hydrogens is 426 g/mol. The number of hydrogen-bond acceptors (Lipinski definition) is 6. The van der Waals surface area contributed by atoms with E-state index in [1.54, 1.807) is 54.8 Å². The van der Waals surface area contributed by atoms with Crippen molar-refractivity contribution >= 4 is 34.8 Å². The number of ether oxygens (including phenoxy) is 2. The lowest BCUT2D eigenvalue weighted by atomic mass is 10.1. The van der Waals surface area contributed by atoms with Crippen LogP contribution >= 0.6 is 11.8 Å². The van der Waals surface area contributed by atoms with Crippen LogP contribution in [0.3, 0.4) is 0 Å². The molecule has 0 aliphatic carbocycles. The molecule has 1 aliphatic rings. The number of carbonyl (C=O) groups is 2. The Morgan fingerprint density at radius 2 is 1.62 bits per heavy atom. The van der Waals surface area contributed by atoms with Crippen LogP contribution in [0.25, 0.3) is 5.57 Å². The monoisotopic (exact) mass is 449 g/mol. The molecule has 0 fully saturated rings. The fourth-order valence-corrected chi connectivity index (χ4v) is 4.47. The number of para-hydroxylation sites is 2. The number of thioether (sulfide) groups is 1. The van der Waals surface area contributed by atoms with Crippen molar-refractivity contribution in [3.05, 3.63) is 83.2 Å². The topological polar surface area (TPSA) is 69.0 Å². The number of imide groups is 1. The largest absolute Gasteiger partial charge is 0.494 e. The Bertz CT molecular complexity index is 1140. The van der Waals surface area contributed by atoms with Crippen LogP contribution in [-0.2, 0) is 15.3 Å². The van der Waals surface area contributed by atoms with Crippen LogP contribution in [-0.4, -0.2) is 25.0 Å². The van der Waals surface area contributed by atoms with Gasteiger partial charge in [-0.1, -0.05) is 24.3 Å². The minimum absolute atomic E-state index is 0.362. The Morgan fingerprint density at radius 1 is 0.875 bits per heavy atom. The molecule has 0 saturated carbocycles. The Labute approximate surface area is 190 Å². The van der Waals surface area contributed by atoms with E-state index in [9.17, 15) is 9.59 Å². The predicted octanol–water partition coefficient (Wildman–Crippen LogP) is 5.29. The molecule has 0 bridgehead atoms. The molecule has 0 spiro atoms. The van der Waals surface area contributed by atoms with Gasteiger partial charge in [-0.25, -0.2) is 4.90 Å². The highest BCUT2D eigenvalue weighted by Gasteiger charge is 2.41. The van der Waals surface area contributed by atoms with Crippen molar-refractivity contribution < 1.29 is 23.5 Å². The molecule has 7 heteroatoms. The molecule has 2 aromatic carbocycles. The average Bonchev–Trinajstić information content (AvgIpc) is 3.40. The van der Waals surface area contributed by atoms with E-state index in [1.165, 1.54) is 16.7 Å². The Morgan fingerprint density at radius 3 is 2.31 bits per heavy atom. The van der Waals surface area contributed by atoms with Crippen molar-refractivity contribution in [2.75, 3.05) is 18.1 Å². The van der Waals surface area contributed by atoms with Crippen molar-refractivity contribution in [3.63, 3.8) is 0 Å². The Kier molecular flexibility index (Phi) is 6.66. The van der Waals surface area contributed by atoms with E-state index in [-0.39, 0.29) is 11.8 Å². The summed E-state index contributed by atoms with van der Waals surface area (Å²) in [4.78, 5) is 28.7. The molecule has 0 radical (unpaired) electrons. The molecule has 3 aromatic rings. The molecule has 164 valence electrons.